The van der Waals surface area contributed by atoms with Crippen molar-refractivity contribution >= 4 is 15.9 Å². The van der Waals surface area contributed by atoms with Crippen molar-refractivity contribution in [1.29, 1.82) is 0 Å². The lowest BCUT2D eigenvalue weighted by Gasteiger charge is -2.05. The van der Waals surface area contributed by atoms with Crippen molar-refractivity contribution in [2.45, 2.75) is 40.3 Å². The summed E-state index contributed by atoms with van der Waals surface area (Å²) in [7, 11) is 1.97. The highest BCUT2D eigenvalue weighted by molar-refractivity contribution is 9.10. The summed E-state index contributed by atoms with van der Waals surface area (Å²) in [5, 5.41) is 11.8. The van der Waals surface area contributed by atoms with Gasteiger partial charge in [-0.05, 0) is 36.2 Å². The van der Waals surface area contributed by atoms with Crippen molar-refractivity contribution in [3.8, 4) is 0 Å². The topological polar surface area (TPSA) is 55.9 Å². The molecule has 1 N–H and O–H groups in total. The zero-order valence-electron chi connectivity index (χ0n) is 11.7. The highest BCUT2D eigenvalue weighted by Crippen LogP contribution is 2.21. The van der Waals surface area contributed by atoms with Gasteiger partial charge in [-0.25, -0.2) is 0 Å². The molecule has 0 unspecified atom stereocenters. The Morgan fingerprint density at radius 3 is 2.58 bits per heavy atom. The fraction of sp³-hybridized carbons (Fsp3) is 0.538. The zero-order valence-corrected chi connectivity index (χ0v) is 13.3. The third-order valence-electron chi connectivity index (χ3n) is 3.28. The van der Waals surface area contributed by atoms with Gasteiger partial charge in [0.05, 0.1) is 21.6 Å². The van der Waals surface area contributed by atoms with E-state index in [0.717, 1.165) is 52.4 Å². The highest BCUT2D eigenvalue weighted by atomic mass is 79.9. The third kappa shape index (κ3) is 2.90. The van der Waals surface area contributed by atoms with Crippen LogP contribution >= 0.6 is 15.9 Å². The fourth-order valence-corrected chi connectivity index (χ4v) is 2.83. The molecule has 2 aromatic rings. The fourth-order valence-electron chi connectivity index (χ4n) is 2.07. The maximum atomic E-state index is 5.15. The van der Waals surface area contributed by atoms with E-state index in [0.29, 0.717) is 0 Å². The van der Waals surface area contributed by atoms with Gasteiger partial charge >= 0.3 is 0 Å². The van der Waals surface area contributed by atoms with Crippen LogP contribution in [0.25, 0.3) is 0 Å². The Morgan fingerprint density at radius 2 is 2.05 bits per heavy atom. The lowest BCUT2D eigenvalue weighted by atomic mass is 10.2. The summed E-state index contributed by atoms with van der Waals surface area (Å²) in [4.78, 5) is 0. The van der Waals surface area contributed by atoms with Crippen LogP contribution < -0.4 is 5.32 Å². The first-order valence-electron chi connectivity index (χ1n) is 6.37. The van der Waals surface area contributed by atoms with Gasteiger partial charge in [-0.2, -0.15) is 5.10 Å². The van der Waals surface area contributed by atoms with Gasteiger partial charge in [-0.1, -0.05) is 12.1 Å². The number of hydrogen-bond donors (Lipinski definition) is 1. The molecule has 0 saturated heterocycles. The summed E-state index contributed by atoms with van der Waals surface area (Å²) in [5.41, 5.74) is 4.33. The Bertz CT molecular complexity index is 554. The second-order valence-corrected chi connectivity index (χ2v) is 5.38. The molecule has 0 saturated carbocycles. The Labute approximate surface area is 121 Å². The van der Waals surface area contributed by atoms with Gasteiger partial charge in [-0.3, -0.25) is 4.68 Å². The number of hydrogen-bond acceptors (Lipinski definition) is 4. The minimum atomic E-state index is 0.750. The molecule has 0 aliphatic rings. The molecule has 0 bridgehead atoms. The zero-order chi connectivity index (χ0) is 14.0. The maximum absolute atomic E-state index is 5.15. The standard InChI is InChI=1S/C13H19BrN4O/c1-5-11-13(14)12(18(4)16-11)7-15-6-10-8(2)17-19-9(10)3/h15H,5-7H2,1-4H3. The van der Waals surface area contributed by atoms with Gasteiger partial charge in [0.1, 0.15) is 5.76 Å². The molecular formula is C13H19BrN4O. The van der Waals surface area contributed by atoms with E-state index in [1.807, 2.05) is 25.6 Å². The van der Waals surface area contributed by atoms with Crippen molar-refractivity contribution in [2.24, 2.45) is 7.05 Å². The van der Waals surface area contributed by atoms with Crippen molar-refractivity contribution < 1.29 is 4.52 Å². The molecular weight excluding hydrogens is 308 g/mol. The predicted octanol–water partition coefficient (Wildman–Crippen LogP) is 2.64. The van der Waals surface area contributed by atoms with Gasteiger partial charge in [0.15, 0.2) is 0 Å². The van der Waals surface area contributed by atoms with Gasteiger partial charge in [-0.15, -0.1) is 0 Å². The van der Waals surface area contributed by atoms with Crippen LogP contribution in [0.5, 0.6) is 0 Å². The molecule has 5 nitrogen and oxygen atoms in total. The normalized spacial score (nSPS) is 11.2. The molecule has 2 heterocycles. The largest absolute Gasteiger partial charge is 0.361 e. The summed E-state index contributed by atoms with van der Waals surface area (Å²) in [5.74, 6) is 0.878. The second kappa shape index (κ2) is 5.88. The van der Waals surface area contributed by atoms with Crippen LogP contribution in [0.2, 0.25) is 0 Å². The molecule has 19 heavy (non-hydrogen) atoms. The summed E-state index contributed by atoms with van der Waals surface area (Å²) >= 11 is 3.62. The number of aryl methyl sites for hydroxylation is 4. The van der Waals surface area contributed by atoms with E-state index in [1.165, 1.54) is 0 Å². The molecule has 2 aromatic heterocycles. The van der Waals surface area contributed by atoms with Gasteiger partial charge in [0.25, 0.3) is 0 Å². The van der Waals surface area contributed by atoms with Crippen LogP contribution in [0.15, 0.2) is 9.00 Å². The van der Waals surface area contributed by atoms with E-state index in [4.69, 9.17) is 4.52 Å². The molecule has 0 aromatic carbocycles. The molecule has 6 heteroatoms. The van der Waals surface area contributed by atoms with Gasteiger partial charge in [0.2, 0.25) is 0 Å². The average Bonchev–Trinajstić information content (AvgIpc) is 2.84. The molecule has 0 fully saturated rings. The summed E-state index contributed by atoms with van der Waals surface area (Å²) in [6.45, 7) is 7.51. The average molecular weight is 327 g/mol. The number of aromatic nitrogens is 3. The number of nitrogens with zero attached hydrogens (tertiary/aromatic N) is 3. The van der Waals surface area contributed by atoms with E-state index < -0.39 is 0 Å². The van der Waals surface area contributed by atoms with Crippen LogP contribution in [-0.4, -0.2) is 14.9 Å². The third-order valence-corrected chi connectivity index (χ3v) is 4.19. The Balaban J connectivity index is 2.02. The van der Waals surface area contributed by atoms with Crippen molar-refractivity contribution in [3.05, 3.63) is 32.9 Å². The minimum absolute atomic E-state index is 0.750. The lowest BCUT2D eigenvalue weighted by molar-refractivity contribution is 0.391. The lowest BCUT2D eigenvalue weighted by Crippen LogP contribution is -2.16. The molecule has 0 aliphatic carbocycles. The molecule has 0 aliphatic heterocycles. The minimum Gasteiger partial charge on any atom is -0.361 e. The molecule has 2 rings (SSSR count). The van der Waals surface area contributed by atoms with E-state index in [-0.39, 0.29) is 0 Å². The Kier molecular flexibility index (Phi) is 4.42. The first-order valence-corrected chi connectivity index (χ1v) is 7.16. The van der Waals surface area contributed by atoms with Gasteiger partial charge < -0.3 is 9.84 Å². The van der Waals surface area contributed by atoms with Crippen LogP contribution in [-0.2, 0) is 26.6 Å². The number of halogens is 1. The highest BCUT2D eigenvalue weighted by Gasteiger charge is 2.13. The van der Waals surface area contributed by atoms with Crippen molar-refractivity contribution in [1.82, 2.24) is 20.3 Å². The van der Waals surface area contributed by atoms with Crippen molar-refractivity contribution in [3.63, 3.8) is 0 Å². The number of nitrogens with one attached hydrogen (secondary N) is 1. The molecule has 0 spiro atoms. The molecule has 0 amide bonds. The summed E-state index contributed by atoms with van der Waals surface area (Å²) < 4.78 is 8.17. The summed E-state index contributed by atoms with van der Waals surface area (Å²) in [6, 6.07) is 0. The molecule has 0 atom stereocenters. The first-order chi connectivity index (χ1) is 9.04. The predicted molar refractivity (Wildman–Crippen MR) is 76.8 cm³/mol. The first kappa shape index (κ1) is 14.3. The van der Waals surface area contributed by atoms with E-state index >= 15 is 0 Å². The van der Waals surface area contributed by atoms with Gasteiger partial charge in [0, 0.05) is 25.7 Å². The molecule has 104 valence electrons. The van der Waals surface area contributed by atoms with E-state index in [2.05, 4.69) is 38.4 Å². The second-order valence-electron chi connectivity index (χ2n) is 4.59. The van der Waals surface area contributed by atoms with Crippen LogP contribution in [0, 0.1) is 13.8 Å². The summed E-state index contributed by atoms with van der Waals surface area (Å²) in [6.07, 6.45) is 0.929. The van der Waals surface area contributed by atoms with Crippen molar-refractivity contribution in [2.75, 3.05) is 0 Å². The molecule has 0 radical (unpaired) electrons. The Hall–Kier alpha value is -1.14. The number of rotatable bonds is 5. The van der Waals surface area contributed by atoms with E-state index in [1.54, 1.807) is 0 Å². The SMILES string of the molecule is CCc1nn(C)c(CNCc2c(C)noc2C)c1Br. The Morgan fingerprint density at radius 1 is 1.32 bits per heavy atom. The maximum Gasteiger partial charge on any atom is 0.138 e. The van der Waals surface area contributed by atoms with Crippen LogP contribution in [0.4, 0.5) is 0 Å². The smallest absolute Gasteiger partial charge is 0.138 e. The quantitative estimate of drug-likeness (QED) is 0.917. The van der Waals surface area contributed by atoms with Crippen LogP contribution in [0.3, 0.4) is 0 Å². The van der Waals surface area contributed by atoms with E-state index in [9.17, 15) is 0 Å². The monoisotopic (exact) mass is 326 g/mol. The van der Waals surface area contributed by atoms with Crippen LogP contribution in [0.1, 0.15) is 35.3 Å².